The Hall–Kier alpha value is -8.81. The maximum Gasteiger partial charge on any atom is 0.413 e. The van der Waals surface area contributed by atoms with Gasteiger partial charge in [0, 0.05) is 58.2 Å². The lowest BCUT2D eigenvalue weighted by Crippen LogP contribution is -2.63. The third-order valence-corrected chi connectivity index (χ3v) is 20.1. The zero-order chi connectivity index (χ0) is 65.7. The van der Waals surface area contributed by atoms with Gasteiger partial charge in [0.25, 0.3) is 5.91 Å². The van der Waals surface area contributed by atoms with Crippen LogP contribution >= 0.6 is 11.3 Å². The molecule has 484 valence electrons. The lowest BCUT2D eigenvalue weighted by atomic mass is 9.46. The van der Waals surface area contributed by atoms with Gasteiger partial charge in [0.1, 0.15) is 37.3 Å². The Morgan fingerprint density at radius 3 is 2.39 bits per heavy atom. The molecule has 24 nitrogen and oxygen atoms in total. The molecule has 3 saturated carbocycles. The molecule has 0 unspecified atom stereocenters. The second-order valence-electron chi connectivity index (χ2n) is 24.8. The Balaban J connectivity index is 0.655. The van der Waals surface area contributed by atoms with E-state index in [1.807, 2.05) is 55.5 Å². The highest BCUT2D eigenvalue weighted by Crippen LogP contribution is 2.70. The van der Waals surface area contributed by atoms with Crippen molar-refractivity contribution in [1.82, 2.24) is 10.3 Å². The predicted octanol–water partition coefficient (Wildman–Crippen LogP) is 4.71. The summed E-state index contributed by atoms with van der Waals surface area (Å²) in [4.78, 5) is 111. The number of ketones is 3. The molecule has 1 aromatic heterocycles. The van der Waals surface area contributed by atoms with Gasteiger partial charge in [-0.2, -0.15) is 0 Å². The Morgan fingerprint density at radius 1 is 0.871 bits per heavy atom. The van der Waals surface area contributed by atoms with Crippen LogP contribution in [0.2, 0.25) is 0 Å². The van der Waals surface area contributed by atoms with Crippen molar-refractivity contribution in [2.45, 2.75) is 127 Å². The molecule has 0 spiro atoms. The first-order valence-corrected chi connectivity index (χ1v) is 31.3. The third-order valence-electron chi connectivity index (χ3n) is 19.3. The molecule has 0 radical (unpaired) electrons. The van der Waals surface area contributed by atoms with E-state index in [1.54, 1.807) is 47.9 Å². The van der Waals surface area contributed by atoms with Gasteiger partial charge >= 0.3 is 12.1 Å². The first kappa shape index (κ1) is 64.3. The van der Waals surface area contributed by atoms with Crippen LogP contribution in [0.25, 0.3) is 0 Å². The number of rotatable bonds is 18. The number of aliphatic carboxylic acids is 1. The van der Waals surface area contributed by atoms with E-state index < -0.39 is 133 Å². The number of carbonyl (C=O) groups is 8. The number of carboxylic acid groups (broad SMARTS) is 1. The Labute approximate surface area is 536 Å². The number of nitrogens with one attached hydrogen (secondary N) is 3. The average Bonchev–Trinajstić information content (AvgIpc) is 1.55. The summed E-state index contributed by atoms with van der Waals surface area (Å²) in [5.74, 6) is -0.112. The molecule has 2 saturated heterocycles. The van der Waals surface area contributed by atoms with Gasteiger partial charge in [0.05, 0.1) is 42.2 Å². The van der Waals surface area contributed by atoms with Crippen molar-refractivity contribution in [3.05, 3.63) is 159 Å². The zero-order valence-electron chi connectivity index (χ0n) is 50.4. The molecule has 12 rings (SSSR count). The Morgan fingerprint density at radius 2 is 1.61 bits per heavy atom. The van der Waals surface area contributed by atoms with E-state index >= 15 is 0 Å². The standard InChI is InChI=1S/C68H67N5O19S/c1-66-23-21-43(75)27-41(66)18-19-44-45-28-52-68(51(78)32-74,67(45,2)30-49(77)55(44)66)92-62(90-52)39-14-11-35(12-15-39)25-42-34-93-64(70-42)72-65(87)88-33-36-13-20-50(89-63-58(83)56(81)57(82)59(91-63)61(85)86)46(26-36)71-53(79)22-24-69-60(84)48(76)29-54(80)73-31-40-9-4-3-7-37(40)16-17-38-8-5-6-10-47(38)73/h3-15,20-21,23,26-27,34,44-45,49,52,55-59,62-63,74,77,81-83H,18-19,22,24-25,28-33H2,1-2H3,(H,69,84)(H,71,79)(H,85,86)(H,70,72,87)/t44-,45-,49-,52+,55+,56-,57-,58+,59-,62+,63+,66-,67-,68+/m0/s1. The molecule has 93 heavy (non-hydrogen) atoms. The largest absolute Gasteiger partial charge is 0.479 e. The number of para-hydroxylation sites is 1. The molecule has 5 aromatic rings. The van der Waals surface area contributed by atoms with Crippen LogP contribution in [0.5, 0.6) is 5.75 Å². The number of aliphatic hydroxyl groups excluding tert-OH is 5. The number of hydrogen-bond donors (Lipinski definition) is 9. The number of ether oxygens (including phenoxy) is 5. The number of hydrogen-bond acceptors (Lipinski definition) is 20. The first-order valence-electron chi connectivity index (χ1n) is 30.5. The number of allylic oxidation sites excluding steroid dienone is 4. The number of nitrogens with zero attached hydrogens (tertiary/aromatic N) is 2. The van der Waals surface area contributed by atoms with Gasteiger partial charge in [-0.25, -0.2) is 14.6 Å². The van der Waals surface area contributed by atoms with Gasteiger partial charge in [-0.05, 0) is 96.7 Å². The number of benzene rings is 4. The first-order chi connectivity index (χ1) is 44.6. The molecule has 7 aliphatic rings. The van der Waals surface area contributed by atoms with Gasteiger partial charge in [-0.3, -0.25) is 34.1 Å². The monoisotopic (exact) mass is 1290 g/mol. The second-order valence-corrected chi connectivity index (χ2v) is 25.7. The van der Waals surface area contributed by atoms with Crippen molar-refractivity contribution in [2.75, 3.05) is 28.7 Å². The average molecular weight is 1290 g/mol. The lowest BCUT2D eigenvalue weighted by molar-refractivity contribution is -0.271. The molecule has 0 bridgehead atoms. The van der Waals surface area contributed by atoms with Gasteiger partial charge in [-0.15, -0.1) is 11.3 Å². The molecule has 4 amide bonds. The molecular formula is C68H67N5O19S. The van der Waals surface area contributed by atoms with Crippen molar-refractivity contribution < 1.29 is 92.7 Å². The Bertz CT molecular complexity index is 3970. The van der Waals surface area contributed by atoms with Gasteiger partial charge in [0.15, 0.2) is 34.7 Å². The zero-order valence-corrected chi connectivity index (χ0v) is 51.2. The SMILES string of the molecule is C[C@]12C=CC(=O)C=C1CC[C@@H]1[C@@H]2[C@@H](O)C[C@@]2(C)[C@H]1C[C@H]1O[C@@H](c3ccc(Cc4csc(NC(=O)OCc5ccc(O[C@@H]6O[C@H](C(=O)O)[C@@H](O)[C@H](O)[C@H]6O)c(NC(=O)CCNC(=O)C(=O)CC(=O)N6Cc7ccccc7C#Cc7ccccc76)c5)n4)cc3)O[C@]12C(=O)CO. The molecular weight excluding hydrogens is 1220 g/mol. The summed E-state index contributed by atoms with van der Waals surface area (Å²) in [5.41, 5.74) is 2.81. The second kappa shape index (κ2) is 25.9. The van der Waals surface area contributed by atoms with Crippen LogP contribution in [0, 0.1) is 40.4 Å². The molecule has 3 aliphatic heterocycles. The quantitative estimate of drug-likeness (QED) is 0.0326. The highest BCUT2D eigenvalue weighted by molar-refractivity contribution is 7.13. The van der Waals surface area contributed by atoms with Crippen LogP contribution in [0.4, 0.5) is 21.3 Å². The fourth-order valence-electron chi connectivity index (χ4n) is 14.8. The fourth-order valence-corrected chi connectivity index (χ4v) is 15.5. The van der Waals surface area contributed by atoms with E-state index in [0.717, 1.165) is 34.5 Å². The van der Waals surface area contributed by atoms with Crippen LogP contribution in [0.15, 0.2) is 120 Å². The van der Waals surface area contributed by atoms with Crippen LogP contribution in [0.1, 0.15) is 97.7 Å². The highest BCUT2D eigenvalue weighted by atomic mass is 32.1. The minimum absolute atomic E-state index is 0.0123. The van der Waals surface area contributed by atoms with E-state index in [2.05, 4.69) is 39.7 Å². The van der Waals surface area contributed by atoms with Gasteiger partial charge in [0.2, 0.25) is 23.9 Å². The molecule has 14 atom stereocenters. The minimum atomic E-state index is -2.03. The summed E-state index contributed by atoms with van der Waals surface area (Å²) in [6, 6.07) is 25.6. The molecule has 5 fully saturated rings. The number of carboxylic acids is 1. The molecule has 4 aliphatic carbocycles. The van der Waals surface area contributed by atoms with Crippen molar-refractivity contribution in [3.63, 3.8) is 0 Å². The fraction of sp³-hybridized carbons (Fsp3) is 0.397. The number of amides is 4. The van der Waals surface area contributed by atoms with E-state index in [4.69, 9.17) is 23.7 Å². The maximum absolute atomic E-state index is 14.1. The summed E-state index contributed by atoms with van der Waals surface area (Å²) < 4.78 is 30.0. The van der Waals surface area contributed by atoms with Crippen LogP contribution in [-0.2, 0) is 72.1 Å². The minimum Gasteiger partial charge on any atom is -0.479 e. The number of Topliss-reactive ketones (excluding diaryl/α,β-unsaturated/α-hetero) is 2. The van der Waals surface area contributed by atoms with Crippen molar-refractivity contribution >= 4 is 75.0 Å². The molecule has 25 heteroatoms. The van der Waals surface area contributed by atoms with E-state index in [1.165, 1.54) is 23.1 Å². The highest BCUT2D eigenvalue weighted by Gasteiger charge is 2.76. The maximum atomic E-state index is 14.1. The van der Waals surface area contributed by atoms with Gasteiger partial charge in [-0.1, -0.05) is 98.0 Å². The summed E-state index contributed by atoms with van der Waals surface area (Å²) in [5, 5.41) is 73.0. The molecule has 4 heterocycles. The van der Waals surface area contributed by atoms with Crippen molar-refractivity contribution in [2.24, 2.45) is 28.6 Å². The summed E-state index contributed by atoms with van der Waals surface area (Å²) in [6.45, 7) is 2.60. The normalized spacial score (nSPS) is 29.5. The number of fused-ring (bicyclic) bond motifs is 9. The van der Waals surface area contributed by atoms with Crippen molar-refractivity contribution in [3.8, 4) is 17.6 Å². The third kappa shape index (κ3) is 12.3. The van der Waals surface area contributed by atoms with E-state index in [9.17, 15) is 69.0 Å². The smallest absolute Gasteiger partial charge is 0.413 e. The summed E-state index contributed by atoms with van der Waals surface area (Å²) in [7, 11) is 0. The topological polar surface area (TPSA) is 356 Å². The van der Waals surface area contributed by atoms with Crippen LogP contribution in [-0.4, -0.2) is 144 Å². The number of thiazole rings is 1. The predicted molar refractivity (Wildman–Crippen MR) is 329 cm³/mol. The van der Waals surface area contributed by atoms with E-state index in [0.29, 0.717) is 47.3 Å². The Kier molecular flexibility index (Phi) is 17.9. The summed E-state index contributed by atoms with van der Waals surface area (Å²) in [6.07, 6.45) is -6.79. The number of aliphatic hydroxyl groups is 5. The van der Waals surface area contributed by atoms with Crippen LogP contribution in [0.3, 0.4) is 0 Å². The molecule has 4 aromatic carbocycles. The number of carbonyl (C=O) groups excluding carboxylic acids is 7. The van der Waals surface area contributed by atoms with E-state index in [-0.39, 0.29) is 65.2 Å². The van der Waals surface area contributed by atoms with Crippen LogP contribution < -0.4 is 25.6 Å². The van der Waals surface area contributed by atoms with Crippen molar-refractivity contribution in [1.29, 1.82) is 0 Å². The number of aromatic nitrogens is 1. The lowest BCUT2D eigenvalue weighted by Gasteiger charge is -2.59. The summed E-state index contributed by atoms with van der Waals surface area (Å²) >= 11 is 1.14. The molecule has 9 N–H and O–H groups in total. The van der Waals surface area contributed by atoms with Gasteiger partial charge < -0.3 is 69.9 Å². The number of anilines is 3.